The van der Waals surface area contributed by atoms with E-state index < -0.39 is 5.91 Å². The number of allylic oxidation sites excluding steroid dienone is 1. The number of carbonyl (C=O) groups is 1. The molecular formula is C22H35N3O2. The van der Waals surface area contributed by atoms with Gasteiger partial charge in [0.1, 0.15) is 11.6 Å². The van der Waals surface area contributed by atoms with Gasteiger partial charge in [0.2, 0.25) is 0 Å². The molecule has 1 aromatic carbocycles. The molecule has 0 aliphatic rings. The lowest BCUT2D eigenvalue weighted by atomic mass is 10.0. The molecule has 5 nitrogen and oxygen atoms in total. The summed E-state index contributed by atoms with van der Waals surface area (Å²) >= 11 is 0. The van der Waals surface area contributed by atoms with Crippen LogP contribution in [0, 0.1) is 17.2 Å². The number of amides is 1. The van der Waals surface area contributed by atoms with Crippen LogP contribution in [-0.2, 0) is 9.53 Å². The molecule has 1 rings (SSSR count). The Morgan fingerprint density at radius 3 is 2.07 bits per heavy atom. The number of hydrogen-bond donors (Lipinski definition) is 1. The fraction of sp³-hybridized carbons (Fsp3) is 0.545. The molecule has 27 heavy (non-hydrogen) atoms. The van der Waals surface area contributed by atoms with E-state index in [0.29, 0.717) is 5.57 Å². The third-order valence-corrected chi connectivity index (χ3v) is 3.78. The van der Waals surface area contributed by atoms with Crippen molar-refractivity contribution in [1.29, 1.82) is 5.26 Å². The normalized spacial score (nSPS) is 11.9. The van der Waals surface area contributed by atoms with Crippen LogP contribution < -0.4 is 10.6 Å². The number of anilines is 1. The summed E-state index contributed by atoms with van der Waals surface area (Å²) in [4.78, 5) is 13.0. The van der Waals surface area contributed by atoms with Crippen LogP contribution in [0.3, 0.4) is 0 Å². The highest BCUT2D eigenvalue weighted by Gasteiger charge is 2.10. The van der Waals surface area contributed by atoms with Crippen molar-refractivity contribution in [3.8, 4) is 6.07 Å². The Bertz CT molecular complexity index is 660. The largest absolute Gasteiger partial charge is 0.378 e. The second-order valence-corrected chi connectivity index (χ2v) is 8.06. The molecule has 0 bridgehead atoms. The minimum absolute atomic E-state index is 0.00241. The lowest BCUT2D eigenvalue weighted by Crippen LogP contribution is -2.20. The van der Waals surface area contributed by atoms with Gasteiger partial charge in [0.15, 0.2) is 0 Å². The summed E-state index contributed by atoms with van der Waals surface area (Å²) in [5.41, 5.74) is 7.66. The van der Waals surface area contributed by atoms with E-state index in [9.17, 15) is 4.79 Å². The SMILES string of the molecule is C/C(=C(/C#N)C(N)=O)c1ccc(N(C)C)cc1.CC(C)CCOC(C)(C)C. The quantitative estimate of drug-likeness (QED) is 0.593. The minimum atomic E-state index is -0.693. The Morgan fingerprint density at radius 1 is 1.22 bits per heavy atom. The summed E-state index contributed by atoms with van der Waals surface area (Å²) < 4.78 is 5.54. The standard InChI is InChI=1S/C13H15N3O.C9H20O/c1-9(12(8-14)13(15)17)10-4-6-11(7-5-10)16(2)3;1-8(2)6-7-10-9(3,4)5/h4-7H,1-3H3,(H2,15,17);8H,6-7H2,1-5H3/b12-9+;. The van der Waals surface area contributed by atoms with Crippen LogP contribution >= 0.6 is 0 Å². The Kier molecular flexibility index (Phi) is 10.4. The second kappa shape index (κ2) is 11.4. The van der Waals surface area contributed by atoms with Gasteiger partial charge in [-0.05, 0) is 63.3 Å². The lowest BCUT2D eigenvalue weighted by Gasteiger charge is -2.19. The average molecular weight is 374 g/mol. The molecule has 0 heterocycles. The lowest BCUT2D eigenvalue weighted by molar-refractivity contribution is -0.114. The number of rotatable bonds is 6. The van der Waals surface area contributed by atoms with E-state index in [1.807, 2.05) is 49.3 Å². The minimum Gasteiger partial charge on any atom is -0.378 e. The van der Waals surface area contributed by atoms with Gasteiger partial charge in [-0.2, -0.15) is 5.26 Å². The Balaban J connectivity index is 0.000000580. The zero-order valence-electron chi connectivity index (χ0n) is 18.1. The van der Waals surface area contributed by atoms with Gasteiger partial charge in [-0.1, -0.05) is 26.0 Å². The Labute approximate surface area is 164 Å². The molecule has 1 amide bonds. The third kappa shape index (κ3) is 10.4. The van der Waals surface area contributed by atoms with Gasteiger partial charge in [0.05, 0.1) is 5.60 Å². The number of ether oxygens (including phenoxy) is 1. The van der Waals surface area contributed by atoms with E-state index in [-0.39, 0.29) is 11.2 Å². The topological polar surface area (TPSA) is 79.3 Å². The zero-order chi connectivity index (χ0) is 21.2. The van der Waals surface area contributed by atoms with Crippen molar-refractivity contribution in [3.63, 3.8) is 0 Å². The van der Waals surface area contributed by atoms with Crippen LogP contribution in [0.15, 0.2) is 29.8 Å². The number of nitrogens with zero attached hydrogens (tertiary/aromatic N) is 2. The fourth-order valence-electron chi connectivity index (χ4n) is 2.08. The summed E-state index contributed by atoms with van der Waals surface area (Å²) in [5, 5.41) is 8.85. The molecule has 0 unspecified atom stereocenters. The molecule has 0 fully saturated rings. The molecule has 0 spiro atoms. The molecule has 0 aromatic heterocycles. The average Bonchev–Trinajstić information content (AvgIpc) is 2.54. The van der Waals surface area contributed by atoms with E-state index in [1.165, 1.54) is 0 Å². The number of carbonyl (C=O) groups excluding carboxylic acids is 1. The number of benzene rings is 1. The van der Waals surface area contributed by atoms with Crippen LogP contribution in [0.5, 0.6) is 0 Å². The summed E-state index contributed by atoms with van der Waals surface area (Å²) in [6.07, 6.45) is 1.16. The van der Waals surface area contributed by atoms with Gasteiger partial charge in [-0.3, -0.25) is 4.79 Å². The van der Waals surface area contributed by atoms with Crippen molar-refractivity contribution >= 4 is 17.2 Å². The maximum absolute atomic E-state index is 11.1. The molecule has 0 aliphatic heterocycles. The first-order chi connectivity index (χ1) is 12.4. The van der Waals surface area contributed by atoms with E-state index in [2.05, 4.69) is 34.6 Å². The van der Waals surface area contributed by atoms with E-state index in [4.69, 9.17) is 15.7 Å². The van der Waals surface area contributed by atoms with Gasteiger partial charge < -0.3 is 15.4 Å². The monoisotopic (exact) mass is 373 g/mol. The molecule has 0 aliphatic carbocycles. The van der Waals surface area contributed by atoms with Crippen molar-refractivity contribution in [1.82, 2.24) is 0 Å². The fourth-order valence-corrected chi connectivity index (χ4v) is 2.08. The maximum atomic E-state index is 11.1. The van der Waals surface area contributed by atoms with Crippen LogP contribution in [-0.4, -0.2) is 32.2 Å². The number of nitriles is 1. The van der Waals surface area contributed by atoms with E-state index in [0.717, 1.165) is 30.2 Å². The smallest absolute Gasteiger partial charge is 0.259 e. The van der Waals surface area contributed by atoms with Crippen molar-refractivity contribution in [2.24, 2.45) is 11.7 Å². The number of hydrogen-bond acceptors (Lipinski definition) is 4. The highest BCUT2D eigenvalue weighted by molar-refractivity contribution is 6.03. The highest BCUT2D eigenvalue weighted by atomic mass is 16.5. The molecular weight excluding hydrogens is 338 g/mol. The summed E-state index contributed by atoms with van der Waals surface area (Å²) in [6, 6.07) is 9.41. The molecule has 2 N–H and O–H groups in total. The van der Waals surface area contributed by atoms with Crippen LogP contribution in [0.4, 0.5) is 5.69 Å². The molecule has 0 saturated carbocycles. The summed E-state index contributed by atoms with van der Waals surface area (Å²) in [6.45, 7) is 13.3. The summed E-state index contributed by atoms with van der Waals surface area (Å²) in [7, 11) is 3.89. The molecule has 5 heteroatoms. The van der Waals surface area contributed by atoms with Crippen molar-refractivity contribution in [2.75, 3.05) is 25.6 Å². The number of primary amides is 1. The predicted molar refractivity (Wildman–Crippen MR) is 113 cm³/mol. The second-order valence-electron chi connectivity index (χ2n) is 8.06. The molecule has 0 atom stereocenters. The van der Waals surface area contributed by atoms with Gasteiger partial charge in [-0.15, -0.1) is 0 Å². The third-order valence-electron chi connectivity index (χ3n) is 3.78. The van der Waals surface area contributed by atoms with Crippen LogP contribution in [0.2, 0.25) is 0 Å². The predicted octanol–water partition coefficient (Wildman–Crippen LogP) is 4.38. The van der Waals surface area contributed by atoms with Gasteiger partial charge >= 0.3 is 0 Å². The van der Waals surface area contributed by atoms with E-state index in [1.54, 1.807) is 6.92 Å². The van der Waals surface area contributed by atoms with Crippen LogP contribution in [0.25, 0.3) is 5.57 Å². The molecule has 1 aromatic rings. The first-order valence-electron chi connectivity index (χ1n) is 9.21. The van der Waals surface area contributed by atoms with Gasteiger partial charge in [0.25, 0.3) is 5.91 Å². The Morgan fingerprint density at radius 2 is 1.74 bits per heavy atom. The Hall–Kier alpha value is -2.32. The van der Waals surface area contributed by atoms with Crippen molar-refractivity contribution < 1.29 is 9.53 Å². The van der Waals surface area contributed by atoms with Crippen molar-refractivity contribution in [3.05, 3.63) is 35.4 Å². The first-order valence-corrected chi connectivity index (χ1v) is 9.21. The number of nitrogens with two attached hydrogens (primary N) is 1. The zero-order valence-corrected chi connectivity index (χ0v) is 18.1. The van der Waals surface area contributed by atoms with E-state index >= 15 is 0 Å². The van der Waals surface area contributed by atoms with Crippen molar-refractivity contribution in [2.45, 2.75) is 53.6 Å². The van der Waals surface area contributed by atoms with Gasteiger partial charge in [0, 0.05) is 26.4 Å². The molecule has 0 radical (unpaired) electrons. The summed E-state index contributed by atoms with van der Waals surface area (Å²) in [5.74, 6) is 0.0593. The highest BCUT2D eigenvalue weighted by Crippen LogP contribution is 2.21. The van der Waals surface area contributed by atoms with Crippen LogP contribution in [0.1, 0.15) is 53.5 Å². The maximum Gasteiger partial charge on any atom is 0.259 e. The molecule has 0 saturated heterocycles. The first kappa shape index (κ1) is 24.7. The molecule has 150 valence electrons. The van der Waals surface area contributed by atoms with Gasteiger partial charge in [-0.25, -0.2) is 0 Å².